The Hall–Kier alpha value is -3.00. The first-order chi connectivity index (χ1) is 11.5. The Morgan fingerprint density at radius 2 is 2.08 bits per heavy atom. The summed E-state index contributed by atoms with van der Waals surface area (Å²) in [6.07, 6.45) is 1.64. The number of nitrogens with zero attached hydrogens (tertiary/aromatic N) is 3. The van der Waals surface area contributed by atoms with Crippen molar-refractivity contribution in [2.45, 2.75) is 6.54 Å². The molecule has 2 heterocycles. The number of rotatable bonds is 5. The van der Waals surface area contributed by atoms with Crippen LogP contribution in [-0.2, 0) is 13.6 Å². The summed E-state index contributed by atoms with van der Waals surface area (Å²) in [5, 5.41) is 21.8. The van der Waals surface area contributed by atoms with E-state index in [1.165, 1.54) is 12.1 Å². The number of hydrogen-bond acceptors (Lipinski definition) is 5. The number of aryl methyl sites for hydroxylation is 1. The molecule has 7 nitrogen and oxygen atoms in total. The zero-order chi connectivity index (χ0) is 17.1. The number of aromatic nitrogens is 2. The average molecular weight is 342 g/mol. The monoisotopic (exact) mass is 342 g/mol. The number of nitrogens with one attached hydrogen (secondary N) is 1. The first-order valence-electron chi connectivity index (χ1n) is 7.12. The Morgan fingerprint density at radius 3 is 2.71 bits per heavy atom. The van der Waals surface area contributed by atoms with E-state index in [1.807, 2.05) is 16.8 Å². The van der Waals surface area contributed by atoms with Crippen LogP contribution in [0.2, 0.25) is 0 Å². The van der Waals surface area contributed by atoms with E-state index in [2.05, 4.69) is 10.4 Å². The van der Waals surface area contributed by atoms with E-state index in [0.717, 1.165) is 5.56 Å². The van der Waals surface area contributed by atoms with Crippen molar-refractivity contribution in [1.82, 2.24) is 15.1 Å². The van der Waals surface area contributed by atoms with Crippen LogP contribution in [-0.4, -0.2) is 20.6 Å². The van der Waals surface area contributed by atoms with Gasteiger partial charge in [0.25, 0.3) is 11.6 Å². The zero-order valence-corrected chi connectivity index (χ0v) is 13.6. The van der Waals surface area contributed by atoms with Crippen molar-refractivity contribution < 1.29 is 9.72 Å². The second-order valence-electron chi connectivity index (χ2n) is 5.18. The van der Waals surface area contributed by atoms with E-state index in [1.54, 1.807) is 41.4 Å². The van der Waals surface area contributed by atoms with Crippen molar-refractivity contribution in [1.29, 1.82) is 0 Å². The molecule has 1 amide bonds. The van der Waals surface area contributed by atoms with Crippen LogP contribution in [0.25, 0.3) is 11.3 Å². The molecule has 0 fully saturated rings. The molecule has 0 aliphatic rings. The van der Waals surface area contributed by atoms with Gasteiger partial charge >= 0.3 is 0 Å². The third-order valence-corrected chi connectivity index (χ3v) is 4.19. The summed E-state index contributed by atoms with van der Waals surface area (Å²) < 4.78 is 1.55. The minimum atomic E-state index is -0.462. The number of thiophene rings is 1. The van der Waals surface area contributed by atoms with Crippen molar-refractivity contribution in [3.8, 4) is 11.3 Å². The number of non-ortho nitro benzene ring substituents is 1. The fourth-order valence-electron chi connectivity index (χ4n) is 2.28. The summed E-state index contributed by atoms with van der Waals surface area (Å²) in [5.41, 5.74) is 2.62. The molecule has 0 unspecified atom stereocenters. The summed E-state index contributed by atoms with van der Waals surface area (Å²) in [4.78, 5) is 22.7. The van der Waals surface area contributed by atoms with E-state index in [4.69, 9.17) is 0 Å². The Labute approximate surface area is 141 Å². The summed E-state index contributed by atoms with van der Waals surface area (Å²) in [6.45, 7) is 0.441. The van der Waals surface area contributed by atoms with Crippen molar-refractivity contribution in [2.24, 2.45) is 7.05 Å². The van der Waals surface area contributed by atoms with Gasteiger partial charge in [0.1, 0.15) is 5.69 Å². The van der Waals surface area contributed by atoms with Gasteiger partial charge in [0, 0.05) is 37.5 Å². The molecule has 0 bridgehead atoms. The zero-order valence-electron chi connectivity index (χ0n) is 12.8. The Kier molecular flexibility index (Phi) is 4.39. The summed E-state index contributed by atoms with van der Waals surface area (Å²) in [5.74, 6) is -0.234. The van der Waals surface area contributed by atoms with Gasteiger partial charge in [0.15, 0.2) is 0 Å². The topological polar surface area (TPSA) is 90.1 Å². The van der Waals surface area contributed by atoms with Gasteiger partial charge in [0.05, 0.1) is 10.5 Å². The lowest BCUT2D eigenvalue weighted by Crippen LogP contribution is -2.22. The van der Waals surface area contributed by atoms with E-state index >= 15 is 0 Å². The average Bonchev–Trinajstić information content (AvgIpc) is 3.22. The van der Waals surface area contributed by atoms with Crippen LogP contribution in [0.15, 0.2) is 47.3 Å². The Balaban J connectivity index is 1.84. The molecular weight excluding hydrogens is 328 g/mol. The van der Waals surface area contributed by atoms with Crippen LogP contribution in [0.5, 0.6) is 0 Å². The maximum atomic E-state index is 12.5. The molecule has 0 saturated carbocycles. The molecule has 2 aromatic heterocycles. The molecule has 3 rings (SSSR count). The number of carbonyl (C=O) groups is 1. The normalized spacial score (nSPS) is 10.5. The van der Waals surface area contributed by atoms with Crippen LogP contribution in [0, 0.1) is 10.1 Å². The lowest BCUT2D eigenvalue weighted by Gasteiger charge is -2.04. The maximum absolute atomic E-state index is 12.5. The number of hydrogen-bond donors (Lipinski definition) is 1. The van der Waals surface area contributed by atoms with Crippen molar-refractivity contribution in [2.75, 3.05) is 0 Å². The molecule has 3 aromatic rings. The van der Waals surface area contributed by atoms with Gasteiger partial charge in [-0.25, -0.2) is 0 Å². The van der Waals surface area contributed by atoms with Gasteiger partial charge in [-0.3, -0.25) is 19.6 Å². The summed E-state index contributed by atoms with van der Waals surface area (Å²) >= 11 is 1.57. The third-order valence-electron chi connectivity index (χ3n) is 3.46. The molecule has 1 aromatic carbocycles. The predicted octanol–water partition coefficient (Wildman–Crippen LogP) is 2.99. The molecule has 24 heavy (non-hydrogen) atoms. The molecule has 0 saturated heterocycles. The fraction of sp³-hybridized carbons (Fsp3) is 0.125. The van der Waals surface area contributed by atoms with Gasteiger partial charge in [-0.15, -0.1) is 0 Å². The molecule has 0 spiro atoms. The minimum absolute atomic E-state index is 0.00172. The van der Waals surface area contributed by atoms with Crippen molar-refractivity contribution in [3.05, 3.63) is 68.5 Å². The van der Waals surface area contributed by atoms with Crippen LogP contribution in [0.4, 0.5) is 5.69 Å². The van der Waals surface area contributed by atoms with Gasteiger partial charge in [-0.2, -0.15) is 16.4 Å². The standard InChI is InChI=1S/C16H14N4O3S/c1-19-9-14(16(21)17-8-11-6-7-24-10-11)15(18-19)12-2-4-13(5-3-12)20(22)23/h2-7,9-10H,8H2,1H3,(H,17,21). The number of amides is 1. The highest BCUT2D eigenvalue weighted by Crippen LogP contribution is 2.24. The Bertz CT molecular complexity index is 869. The van der Waals surface area contributed by atoms with E-state index in [-0.39, 0.29) is 11.6 Å². The minimum Gasteiger partial charge on any atom is -0.348 e. The lowest BCUT2D eigenvalue weighted by molar-refractivity contribution is -0.384. The fourth-order valence-corrected chi connectivity index (χ4v) is 2.95. The highest BCUT2D eigenvalue weighted by Gasteiger charge is 2.18. The van der Waals surface area contributed by atoms with Crippen molar-refractivity contribution in [3.63, 3.8) is 0 Å². The number of carbonyl (C=O) groups excluding carboxylic acids is 1. The summed E-state index contributed by atoms with van der Waals surface area (Å²) in [6, 6.07) is 7.94. The molecule has 122 valence electrons. The highest BCUT2D eigenvalue weighted by atomic mass is 32.1. The predicted molar refractivity (Wildman–Crippen MR) is 90.8 cm³/mol. The molecule has 1 N–H and O–H groups in total. The second kappa shape index (κ2) is 6.63. The van der Waals surface area contributed by atoms with Crippen LogP contribution in [0.3, 0.4) is 0 Å². The van der Waals surface area contributed by atoms with Crippen LogP contribution >= 0.6 is 11.3 Å². The van der Waals surface area contributed by atoms with Gasteiger partial charge in [-0.05, 0) is 34.5 Å². The van der Waals surface area contributed by atoms with E-state index < -0.39 is 4.92 Å². The number of benzene rings is 1. The molecule has 0 radical (unpaired) electrons. The molecule has 0 aliphatic heterocycles. The van der Waals surface area contributed by atoms with Gasteiger partial charge in [0.2, 0.25) is 0 Å². The number of nitro benzene ring substituents is 1. The smallest absolute Gasteiger partial charge is 0.269 e. The highest BCUT2D eigenvalue weighted by molar-refractivity contribution is 7.07. The summed E-state index contributed by atoms with van der Waals surface area (Å²) in [7, 11) is 1.73. The van der Waals surface area contributed by atoms with Gasteiger partial charge < -0.3 is 5.32 Å². The molecule has 0 atom stereocenters. The quantitative estimate of drug-likeness (QED) is 0.570. The maximum Gasteiger partial charge on any atom is 0.269 e. The second-order valence-corrected chi connectivity index (χ2v) is 5.96. The lowest BCUT2D eigenvalue weighted by atomic mass is 10.1. The van der Waals surface area contributed by atoms with Crippen LogP contribution < -0.4 is 5.32 Å². The van der Waals surface area contributed by atoms with Crippen LogP contribution in [0.1, 0.15) is 15.9 Å². The first kappa shape index (κ1) is 15.9. The third kappa shape index (κ3) is 3.33. The molecule has 8 heteroatoms. The van der Waals surface area contributed by atoms with E-state index in [9.17, 15) is 14.9 Å². The van der Waals surface area contributed by atoms with Gasteiger partial charge in [-0.1, -0.05) is 0 Å². The molecular formula is C16H14N4O3S. The van der Waals surface area contributed by atoms with Crippen molar-refractivity contribution >= 4 is 22.9 Å². The first-order valence-corrected chi connectivity index (χ1v) is 8.06. The largest absolute Gasteiger partial charge is 0.348 e. The van der Waals surface area contributed by atoms with E-state index in [0.29, 0.717) is 23.4 Å². The number of nitro groups is 1. The Morgan fingerprint density at radius 1 is 1.33 bits per heavy atom. The SMILES string of the molecule is Cn1cc(C(=O)NCc2ccsc2)c(-c2ccc([N+](=O)[O-])cc2)n1. The molecule has 0 aliphatic carbocycles.